The zero-order valence-corrected chi connectivity index (χ0v) is 13.1. The molecule has 0 bridgehead atoms. The lowest BCUT2D eigenvalue weighted by molar-refractivity contribution is -0.123. The average molecular weight is 340 g/mol. The molecule has 1 atom stereocenters. The van der Waals surface area contributed by atoms with E-state index in [4.69, 9.17) is 33.7 Å². The lowest BCUT2D eigenvalue weighted by atomic mass is 10.2. The number of halogens is 3. The summed E-state index contributed by atoms with van der Waals surface area (Å²) in [6.07, 6.45) is 2.32. The van der Waals surface area contributed by atoms with Gasteiger partial charge in [-0.25, -0.2) is 0 Å². The fourth-order valence-electron chi connectivity index (χ4n) is 1.71. The maximum absolute atomic E-state index is 11.6. The number of benzene rings is 1. The number of nitrogens with one attached hydrogen (secondary N) is 1. The highest BCUT2D eigenvalue weighted by Gasteiger charge is 2.28. The topological polar surface area (TPSA) is 64.3 Å². The Morgan fingerprint density at radius 2 is 2.15 bits per heavy atom. The Kier molecular flexibility index (Phi) is 6.89. The number of nitrogens with two attached hydrogens (primary N) is 1. The van der Waals surface area contributed by atoms with Crippen LogP contribution in [-0.4, -0.2) is 25.1 Å². The quantitative estimate of drug-likeness (QED) is 0.837. The normalized spacial score (nSPS) is 15.2. The lowest BCUT2D eigenvalue weighted by Crippen LogP contribution is -2.40. The van der Waals surface area contributed by atoms with Gasteiger partial charge in [0.25, 0.3) is 5.91 Å². The van der Waals surface area contributed by atoms with Crippen LogP contribution in [0.1, 0.15) is 12.8 Å². The summed E-state index contributed by atoms with van der Waals surface area (Å²) in [6, 6.07) is 4.90. The Bertz CT molecular complexity index is 467. The first-order chi connectivity index (χ1) is 9.06. The molecule has 1 fully saturated rings. The molecule has 1 amide bonds. The first-order valence-corrected chi connectivity index (χ1v) is 6.92. The van der Waals surface area contributed by atoms with Crippen LogP contribution < -0.4 is 15.8 Å². The van der Waals surface area contributed by atoms with Crippen molar-refractivity contribution in [3.05, 3.63) is 28.2 Å². The first-order valence-electron chi connectivity index (χ1n) is 6.16. The van der Waals surface area contributed by atoms with E-state index >= 15 is 0 Å². The number of ether oxygens (including phenoxy) is 1. The van der Waals surface area contributed by atoms with Crippen LogP contribution in [0.3, 0.4) is 0 Å². The molecule has 20 heavy (non-hydrogen) atoms. The summed E-state index contributed by atoms with van der Waals surface area (Å²) in [5, 5.41) is 3.66. The molecule has 7 heteroatoms. The van der Waals surface area contributed by atoms with Gasteiger partial charge in [-0.1, -0.05) is 23.2 Å². The van der Waals surface area contributed by atoms with Crippen LogP contribution in [0.2, 0.25) is 10.0 Å². The molecule has 1 aromatic rings. The average Bonchev–Trinajstić information content (AvgIpc) is 3.19. The molecule has 0 aromatic heterocycles. The number of hydrogen-bond donors (Lipinski definition) is 2. The lowest BCUT2D eigenvalue weighted by Gasteiger charge is -2.12. The summed E-state index contributed by atoms with van der Waals surface area (Å²) in [6.45, 7) is 0.403. The fourth-order valence-corrected chi connectivity index (χ4v) is 2.17. The number of carbonyl (C=O) groups excluding carboxylic acids is 1. The van der Waals surface area contributed by atoms with Crippen LogP contribution in [0.25, 0.3) is 0 Å². The number of carbonyl (C=O) groups is 1. The molecule has 1 unspecified atom stereocenters. The van der Waals surface area contributed by atoms with Gasteiger partial charge in [0, 0.05) is 17.6 Å². The van der Waals surface area contributed by atoms with Crippen molar-refractivity contribution in [2.45, 2.75) is 18.9 Å². The number of amides is 1. The molecule has 0 saturated heterocycles. The highest BCUT2D eigenvalue weighted by molar-refractivity contribution is 6.35. The van der Waals surface area contributed by atoms with Crippen molar-refractivity contribution in [3.8, 4) is 5.75 Å². The molecule has 4 nitrogen and oxygen atoms in total. The maximum atomic E-state index is 11.6. The number of rotatable bonds is 6. The minimum absolute atomic E-state index is 0. The van der Waals surface area contributed by atoms with Gasteiger partial charge in [0.1, 0.15) is 5.75 Å². The van der Waals surface area contributed by atoms with Crippen molar-refractivity contribution in [1.82, 2.24) is 5.32 Å². The van der Waals surface area contributed by atoms with Gasteiger partial charge >= 0.3 is 0 Å². The minimum Gasteiger partial charge on any atom is -0.482 e. The SMILES string of the molecule is Cl.NC(CNC(=O)COc1ccc(Cl)cc1Cl)C1CC1. The standard InChI is InChI=1S/C13H16Cl2N2O2.ClH/c14-9-3-4-12(10(15)5-9)19-7-13(18)17-6-11(16)8-1-2-8;/h3-5,8,11H,1-2,6-7,16H2,(H,17,18);1H. The molecule has 3 N–H and O–H groups in total. The van der Waals surface area contributed by atoms with Gasteiger partial charge in [0.2, 0.25) is 0 Å². The molecule has 0 aliphatic heterocycles. The first kappa shape index (κ1) is 17.4. The van der Waals surface area contributed by atoms with E-state index in [1.807, 2.05) is 0 Å². The maximum Gasteiger partial charge on any atom is 0.257 e. The fraction of sp³-hybridized carbons (Fsp3) is 0.462. The van der Waals surface area contributed by atoms with Crippen molar-refractivity contribution in [3.63, 3.8) is 0 Å². The number of hydrogen-bond acceptors (Lipinski definition) is 3. The van der Waals surface area contributed by atoms with E-state index in [-0.39, 0.29) is 31.0 Å². The summed E-state index contributed by atoms with van der Waals surface area (Å²) >= 11 is 11.7. The van der Waals surface area contributed by atoms with E-state index in [1.165, 1.54) is 0 Å². The molecule has 0 radical (unpaired) electrons. The van der Waals surface area contributed by atoms with Gasteiger partial charge in [-0.05, 0) is 37.0 Å². The van der Waals surface area contributed by atoms with E-state index in [2.05, 4.69) is 5.32 Å². The third kappa shape index (κ3) is 5.37. The predicted molar refractivity (Wildman–Crippen MR) is 82.9 cm³/mol. The predicted octanol–water partition coefficient (Wildman–Crippen LogP) is 2.65. The summed E-state index contributed by atoms with van der Waals surface area (Å²) in [7, 11) is 0. The third-order valence-electron chi connectivity index (χ3n) is 3.02. The molecular formula is C13H17Cl3N2O2. The van der Waals surface area contributed by atoms with E-state index in [0.29, 0.717) is 28.3 Å². The largest absolute Gasteiger partial charge is 0.482 e. The Hall–Kier alpha value is -0.680. The van der Waals surface area contributed by atoms with Gasteiger partial charge in [-0.3, -0.25) is 4.79 Å². The van der Waals surface area contributed by atoms with Crippen molar-refractivity contribution in [1.29, 1.82) is 0 Å². The summed E-state index contributed by atoms with van der Waals surface area (Å²) in [4.78, 5) is 11.6. The molecule has 0 heterocycles. The summed E-state index contributed by atoms with van der Waals surface area (Å²) in [5.74, 6) is 0.793. The van der Waals surface area contributed by atoms with Crippen LogP contribution in [0, 0.1) is 5.92 Å². The molecule has 1 saturated carbocycles. The highest BCUT2D eigenvalue weighted by atomic mass is 35.5. The van der Waals surface area contributed by atoms with Crippen LogP contribution in [-0.2, 0) is 4.79 Å². The van der Waals surface area contributed by atoms with Crippen LogP contribution in [0.5, 0.6) is 5.75 Å². The Morgan fingerprint density at radius 3 is 2.75 bits per heavy atom. The summed E-state index contributed by atoms with van der Waals surface area (Å²) in [5.41, 5.74) is 5.88. The van der Waals surface area contributed by atoms with Gasteiger partial charge in [0.05, 0.1) is 5.02 Å². The zero-order chi connectivity index (χ0) is 13.8. The molecule has 2 rings (SSSR count). The monoisotopic (exact) mass is 338 g/mol. The van der Waals surface area contributed by atoms with Gasteiger partial charge in [0.15, 0.2) is 6.61 Å². The van der Waals surface area contributed by atoms with Crippen molar-refractivity contribution in [2.24, 2.45) is 11.7 Å². The van der Waals surface area contributed by atoms with Crippen molar-refractivity contribution < 1.29 is 9.53 Å². The van der Waals surface area contributed by atoms with Gasteiger partial charge in [-0.15, -0.1) is 12.4 Å². The zero-order valence-electron chi connectivity index (χ0n) is 10.8. The van der Waals surface area contributed by atoms with Crippen LogP contribution >= 0.6 is 35.6 Å². The Labute approximate surface area is 134 Å². The molecule has 112 valence electrons. The van der Waals surface area contributed by atoms with Gasteiger partial charge < -0.3 is 15.8 Å². The molecule has 0 spiro atoms. The van der Waals surface area contributed by atoms with Gasteiger partial charge in [-0.2, -0.15) is 0 Å². The summed E-state index contributed by atoms with van der Waals surface area (Å²) < 4.78 is 5.32. The van der Waals surface area contributed by atoms with Crippen LogP contribution in [0.15, 0.2) is 18.2 Å². The van der Waals surface area contributed by atoms with Crippen molar-refractivity contribution in [2.75, 3.05) is 13.2 Å². The molecular weight excluding hydrogens is 323 g/mol. The molecule has 1 aromatic carbocycles. The van der Waals surface area contributed by atoms with E-state index < -0.39 is 0 Å². The molecule has 1 aliphatic carbocycles. The minimum atomic E-state index is -0.206. The second-order valence-corrected chi connectivity index (χ2v) is 5.51. The van der Waals surface area contributed by atoms with E-state index in [0.717, 1.165) is 12.8 Å². The second-order valence-electron chi connectivity index (χ2n) is 4.67. The highest BCUT2D eigenvalue weighted by Crippen LogP contribution is 2.31. The van der Waals surface area contributed by atoms with Crippen LogP contribution in [0.4, 0.5) is 0 Å². The smallest absolute Gasteiger partial charge is 0.257 e. The van der Waals surface area contributed by atoms with E-state index in [1.54, 1.807) is 18.2 Å². The van der Waals surface area contributed by atoms with E-state index in [9.17, 15) is 4.79 Å². The molecule has 1 aliphatic rings. The Balaban J connectivity index is 0.00000200. The van der Waals surface area contributed by atoms with Crippen molar-refractivity contribution >= 4 is 41.5 Å². The Morgan fingerprint density at radius 1 is 1.45 bits per heavy atom. The third-order valence-corrected chi connectivity index (χ3v) is 3.55. The second kappa shape index (κ2) is 7.93.